The van der Waals surface area contributed by atoms with E-state index in [0.29, 0.717) is 0 Å². The third kappa shape index (κ3) is 4.22. The second-order valence-corrected chi connectivity index (χ2v) is 6.58. The molecule has 0 bridgehead atoms. The van der Waals surface area contributed by atoms with Crippen LogP contribution in [0.5, 0.6) is 11.5 Å². The maximum atomic E-state index is 14.0. The van der Waals surface area contributed by atoms with Gasteiger partial charge in [0, 0.05) is 18.7 Å². The van der Waals surface area contributed by atoms with Gasteiger partial charge in [0.25, 0.3) is 0 Å². The third-order valence-electron chi connectivity index (χ3n) is 3.45. The molecule has 1 fully saturated rings. The summed E-state index contributed by atoms with van der Waals surface area (Å²) < 4.78 is 50.8. The maximum absolute atomic E-state index is 14.0. The van der Waals surface area contributed by atoms with Crippen molar-refractivity contribution in [2.75, 3.05) is 33.9 Å². The Hall–Kier alpha value is -1.09. The summed E-state index contributed by atoms with van der Waals surface area (Å²) in [5.74, 6) is -0.330. The number of ether oxygens (including phenoxy) is 2. The topological polar surface area (TPSA) is 76.7 Å². The molecule has 0 radical (unpaired) electrons. The van der Waals surface area contributed by atoms with Gasteiger partial charge >= 0.3 is 0 Å². The molecule has 0 aliphatic carbocycles. The van der Waals surface area contributed by atoms with E-state index in [9.17, 15) is 12.8 Å². The Morgan fingerprint density at radius 2 is 1.95 bits per heavy atom. The molecule has 6 nitrogen and oxygen atoms in total. The molecule has 0 amide bonds. The van der Waals surface area contributed by atoms with E-state index >= 15 is 0 Å². The van der Waals surface area contributed by atoms with Crippen LogP contribution in [0.25, 0.3) is 0 Å². The van der Waals surface area contributed by atoms with Crippen LogP contribution in [0.15, 0.2) is 17.0 Å². The summed E-state index contributed by atoms with van der Waals surface area (Å²) in [5.41, 5.74) is 0. The van der Waals surface area contributed by atoms with Crippen molar-refractivity contribution in [3.63, 3.8) is 0 Å². The quantitative estimate of drug-likeness (QED) is 0.801. The molecule has 1 aromatic rings. The summed E-state index contributed by atoms with van der Waals surface area (Å²) in [6.07, 6.45) is 0.900. The van der Waals surface area contributed by atoms with Crippen molar-refractivity contribution in [2.24, 2.45) is 5.92 Å². The normalized spacial score (nSPS) is 17.9. The Morgan fingerprint density at radius 3 is 2.50 bits per heavy atom. The Labute approximate surface area is 135 Å². The van der Waals surface area contributed by atoms with E-state index in [1.807, 2.05) is 0 Å². The molecule has 9 heteroatoms. The summed E-state index contributed by atoms with van der Waals surface area (Å²) in [5, 5.41) is 3.15. The van der Waals surface area contributed by atoms with Crippen molar-refractivity contribution in [2.45, 2.75) is 11.3 Å². The first-order chi connectivity index (χ1) is 9.97. The van der Waals surface area contributed by atoms with Crippen LogP contribution in [0.3, 0.4) is 0 Å². The molecule has 2 rings (SSSR count). The van der Waals surface area contributed by atoms with E-state index in [1.54, 1.807) is 0 Å². The van der Waals surface area contributed by atoms with Crippen molar-refractivity contribution in [3.8, 4) is 11.5 Å². The van der Waals surface area contributed by atoms with E-state index in [0.717, 1.165) is 31.6 Å². The minimum Gasteiger partial charge on any atom is -0.493 e. The first-order valence-corrected chi connectivity index (χ1v) is 8.08. The predicted octanol–water partition coefficient (Wildman–Crippen LogP) is 1.15. The number of sulfonamides is 1. The van der Waals surface area contributed by atoms with Crippen LogP contribution in [0.2, 0.25) is 0 Å². The fourth-order valence-corrected chi connectivity index (χ4v) is 3.42. The maximum Gasteiger partial charge on any atom is 0.243 e. The molecule has 0 saturated carbocycles. The summed E-state index contributed by atoms with van der Waals surface area (Å²) in [6.45, 7) is 1.91. The van der Waals surface area contributed by atoms with Gasteiger partial charge in [-0.25, -0.2) is 17.5 Å². The van der Waals surface area contributed by atoms with Gasteiger partial charge in [0.15, 0.2) is 11.5 Å². The molecule has 126 valence electrons. The van der Waals surface area contributed by atoms with E-state index in [-0.39, 0.29) is 36.4 Å². The molecule has 1 aliphatic heterocycles. The number of halogens is 2. The standard InChI is InChI=1S/C13H19FN2O4S.ClH/c1-19-11-5-10(14)13(6-12(11)20-2)21(17,18)16-8-9-3-4-15-7-9;/h5-6,9,15-16H,3-4,7-8H2,1-2H3;1H. The average Bonchev–Trinajstić information content (AvgIpc) is 2.98. The minimum atomic E-state index is -3.92. The molecule has 1 aromatic carbocycles. The van der Waals surface area contributed by atoms with Crippen molar-refractivity contribution < 1.29 is 22.3 Å². The predicted molar refractivity (Wildman–Crippen MR) is 82.9 cm³/mol. The van der Waals surface area contributed by atoms with Gasteiger partial charge in [-0.05, 0) is 25.4 Å². The van der Waals surface area contributed by atoms with Gasteiger partial charge in [0.1, 0.15) is 10.7 Å². The zero-order valence-corrected chi connectivity index (χ0v) is 14.0. The summed E-state index contributed by atoms with van der Waals surface area (Å²) in [6, 6.07) is 2.13. The summed E-state index contributed by atoms with van der Waals surface area (Å²) in [4.78, 5) is -0.439. The van der Waals surface area contributed by atoms with Crippen LogP contribution in [-0.2, 0) is 10.0 Å². The van der Waals surface area contributed by atoms with Gasteiger partial charge in [-0.2, -0.15) is 0 Å². The fourth-order valence-electron chi connectivity index (χ4n) is 2.24. The number of nitrogens with one attached hydrogen (secondary N) is 2. The molecule has 0 aromatic heterocycles. The lowest BCUT2D eigenvalue weighted by molar-refractivity contribution is 0.350. The van der Waals surface area contributed by atoms with Crippen molar-refractivity contribution in [1.82, 2.24) is 10.0 Å². The van der Waals surface area contributed by atoms with Crippen LogP contribution >= 0.6 is 12.4 Å². The molecule has 2 N–H and O–H groups in total. The van der Waals surface area contributed by atoms with Gasteiger partial charge < -0.3 is 14.8 Å². The molecule has 1 unspecified atom stereocenters. The molecular weight excluding hydrogens is 335 g/mol. The highest BCUT2D eigenvalue weighted by Gasteiger charge is 2.24. The number of benzene rings is 1. The van der Waals surface area contributed by atoms with Crippen LogP contribution in [0.4, 0.5) is 4.39 Å². The number of methoxy groups -OCH3 is 2. The highest BCUT2D eigenvalue weighted by molar-refractivity contribution is 7.89. The van der Waals surface area contributed by atoms with Gasteiger partial charge in [-0.15, -0.1) is 12.4 Å². The van der Waals surface area contributed by atoms with Gasteiger partial charge in [0.05, 0.1) is 14.2 Å². The van der Waals surface area contributed by atoms with Crippen molar-refractivity contribution in [3.05, 3.63) is 17.9 Å². The molecule has 1 atom stereocenters. The summed E-state index contributed by atoms with van der Waals surface area (Å²) >= 11 is 0. The van der Waals surface area contributed by atoms with E-state index in [1.165, 1.54) is 14.2 Å². The molecule has 0 spiro atoms. The number of hydrogen-bond acceptors (Lipinski definition) is 5. The monoisotopic (exact) mass is 354 g/mol. The average molecular weight is 355 g/mol. The first kappa shape index (κ1) is 19.0. The van der Waals surface area contributed by atoms with Crippen molar-refractivity contribution in [1.29, 1.82) is 0 Å². The first-order valence-electron chi connectivity index (χ1n) is 6.60. The lowest BCUT2D eigenvalue weighted by Crippen LogP contribution is -2.31. The minimum absolute atomic E-state index is 0. The van der Waals surface area contributed by atoms with E-state index in [4.69, 9.17) is 9.47 Å². The molecule has 1 saturated heterocycles. The van der Waals surface area contributed by atoms with E-state index < -0.39 is 20.7 Å². The van der Waals surface area contributed by atoms with Crippen LogP contribution in [0, 0.1) is 11.7 Å². The third-order valence-corrected chi connectivity index (χ3v) is 4.89. The SMILES string of the molecule is COc1cc(F)c(S(=O)(=O)NCC2CCNC2)cc1OC.Cl. The zero-order chi connectivity index (χ0) is 15.5. The molecule has 1 aliphatic rings. The number of rotatable bonds is 6. The highest BCUT2D eigenvalue weighted by atomic mass is 35.5. The Morgan fingerprint density at radius 1 is 1.32 bits per heavy atom. The Kier molecular flexibility index (Phi) is 6.86. The largest absolute Gasteiger partial charge is 0.493 e. The van der Waals surface area contributed by atoms with E-state index in [2.05, 4.69) is 10.0 Å². The van der Waals surface area contributed by atoms with Crippen LogP contribution in [0.1, 0.15) is 6.42 Å². The number of hydrogen-bond donors (Lipinski definition) is 2. The fraction of sp³-hybridized carbons (Fsp3) is 0.538. The molecular formula is C13H20ClFN2O4S. The Bertz CT molecular complexity index is 606. The molecule has 22 heavy (non-hydrogen) atoms. The van der Waals surface area contributed by atoms with Crippen molar-refractivity contribution >= 4 is 22.4 Å². The Balaban J connectivity index is 0.00000242. The van der Waals surface area contributed by atoms with Crippen LogP contribution < -0.4 is 19.5 Å². The van der Waals surface area contributed by atoms with Gasteiger partial charge in [-0.1, -0.05) is 0 Å². The van der Waals surface area contributed by atoms with Gasteiger partial charge in [0.2, 0.25) is 10.0 Å². The van der Waals surface area contributed by atoms with Gasteiger partial charge in [-0.3, -0.25) is 0 Å². The second-order valence-electron chi connectivity index (χ2n) is 4.85. The zero-order valence-electron chi connectivity index (χ0n) is 12.4. The lowest BCUT2D eigenvalue weighted by Gasteiger charge is -2.13. The van der Waals surface area contributed by atoms with Crippen LogP contribution in [-0.4, -0.2) is 42.3 Å². The highest BCUT2D eigenvalue weighted by Crippen LogP contribution is 2.31. The summed E-state index contributed by atoms with van der Waals surface area (Å²) in [7, 11) is -1.20. The smallest absolute Gasteiger partial charge is 0.243 e. The lowest BCUT2D eigenvalue weighted by atomic mass is 10.1. The molecule has 1 heterocycles. The second kappa shape index (κ2) is 7.96.